The Morgan fingerprint density at radius 2 is 2.12 bits per heavy atom. The minimum Gasteiger partial charge on any atom is -0.279 e. The fourth-order valence-corrected chi connectivity index (χ4v) is 2.64. The first kappa shape index (κ1) is 11.8. The second kappa shape index (κ2) is 4.33. The fourth-order valence-electron chi connectivity index (χ4n) is 1.11. The molecule has 0 aliphatic rings. The van der Waals surface area contributed by atoms with E-state index in [0.717, 1.165) is 11.7 Å². The van der Waals surface area contributed by atoms with Crippen LogP contribution in [0.5, 0.6) is 0 Å². The Morgan fingerprint density at radius 1 is 1.38 bits per heavy atom. The van der Waals surface area contributed by atoms with Crippen molar-refractivity contribution in [2.45, 2.75) is 0 Å². The predicted molar refractivity (Wildman–Crippen MR) is 65.7 cm³/mol. The van der Waals surface area contributed by atoms with Gasteiger partial charge in [-0.25, -0.2) is 8.42 Å². The van der Waals surface area contributed by atoms with Gasteiger partial charge < -0.3 is 0 Å². The molecule has 1 N–H and O–H groups in total. The van der Waals surface area contributed by atoms with Crippen LogP contribution >= 0.6 is 34.9 Å². The Morgan fingerprint density at radius 3 is 2.81 bits per heavy atom. The van der Waals surface area contributed by atoms with Crippen LogP contribution in [-0.4, -0.2) is 22.4 Å². The van der Waals surface area contributed by atoms with Crippen LogP contribution in [0.25, 0.3) is 11.0 Å². The van der Waals surface area contributed by atoms with Gasteiger partial charge in [-0.3, -0.25) is 4.72 Å². The predicted octanol–water partition coefficient (Wildman–Crippen LogP) is 2.28. The second-order valence-corrected chi connectivity index (χ2v) is 6.12. The van der Waals surface area contributed by atoms with Gasteiger partial charge in [0.25, 0.3) is 0 Å². The van der Waals surface area contributed by atoms with Crippen molar-refractivity contribution < 1.29 is 8.42 Å². The Balaban J connectivity index is 2.58. The standard InChI is InChI=1S/C7H5Cl2N3O2S2/c8-3-16(13,14)12-6-4(9)1-2-5-7(6)11-15-10-5/h1-2,12H,3H2. The number of nitrogens with one attached hydrogen (secondary N) is 1. The summed E-state index contributed by atoms with van der Waals surface area (Å²) < 4.78 is 32.9. The molecule has 0 fully saturated rings. The summed E-state index contributed by atoms with van der Waals surface area (Å²) in [6, 6.07) is 3.22. The summed E-state index contributed by atoms with van der Waals surface area (Å²) in [4.78, 5) is 0. The number of hydrogen-bond donors (Lipinski definition) is 1. The summed E-state index contributed by atoms with van der Waals surface area (Å²) in [5.74, 6) is 0. The zero-order valence-corrected chi connectivity index (χ0v) is 10.8. The molecule has 1 aromatic carbocycles. The first-order chi connectivity index (χ1) is 7.53. The van der Waals surface area contributed by atoms with E-state index in [1.807, 2.05) is 0 Å². The molecule has 0 saturated carbocycles. The van der Waals surface area contributed by atoms with Gasteiger partial charge in [-0.05, 0) is 12.1 Å². The van der Waals surface area contributed by atoms with Crippen LogP contribution in [-0.2, 0) is 10.0 Å². The zero-order valence-electron chi connectivity index (χ0n) is 7.65. The second-order valence-electron chi connectivity index (χ2n) is 2.88. The highest BCUT2D eigenvalue weighted by molar-refractivity contribution is 7.93. The van der Waals surface area contributed by atoms with Crippen molar-refractivity contribution >= 4 is 61.7 Å². The molecule has 0 spiro atoms. The molecule has 9 heteroatoms. The van der Waals surface area contributed by atoms with Crippen molar-refractivity contribution in [3.05, 3.63) is 17.2 Å². The molecule has 16 heavy (non-hydrogen) atoms. The van der Waals surface area contributed by atoms with Crippen molar-refractivity contribution in [3.8, 4) is 0 Å². The maximum atomic E-state index is 11.3. The number of rotatable bonds is 3. The zero-order chi connectivity index (χ0) is 11.8. The number of alkyl halides is 1. The highest BCUT2D eigenvalue weighted by Gasteiger charge is 2.15. The van der Waals surface area contributed by atoms with E-state index in [9.17, 15) is 8.42 Å². The van der Waals surface area contributed by atoms with Crippen LogP contribution in [0, 0.1) is 0 Å². The van der Waals surface area contributed by atoms with E-state index in [0.29, 0.717) is 11.0 Å². The molecular formula is C7H5Cl2N3O2S2. The third kappa shape index (κ3) is 2.22. The molecule has 0 aliphatic carbocycles. The van der Waals surface area contributed by atoms with Crippen molar-refractivity contribution in [1.29, 1.82) is 0 Å². The molecule has 2 aromatic rings. The molecule has 5 nitrogen and oxygen atoms in total. The lowest BCUT2D eigenvalue weighted by Crippen LogP contribution is -2.14. The third-order valence-electron chi connectivity index (χ3n) is 1.78. The molecule has 0 atom stereocenters. The van der Waals surface area contributed by atoms with E-state index < -0.39 is 15.2 Å². The quantitative estimate of drug-likeness (QED) is 0.882. The minimum absolute atomic E-state index is 0.216. The number of fused-ring (bicyclic) bond motifs is 1. The molecule has 0 aliphatic heterocycles. The Bertz CT molecular complexity index is 626. The lowest BCUT2D eigenvalue weighted by Gasteiger charge is -2.07. The monoisotopic (exact) mass is 297 g/mol. The highest BCUT2D eigenvalue weighted by atomic mass is 35.5. The van der Waals surface area contributed by atoms with Gasteiger partial charge in [0.2, 0.25) is 10.0 Å². The average Bonchev–Trinajstić information content (AvgIpc) is 2.70. The van der Waals surface area contributed by atoms with Crippen LogP contribution < -0.4 is 4.72 Å². The summed E-state index contributed by atoms with van der Waals surface area (Å²) in [6.07, 6.45) is 0. The van der Waals surface area contributed by atoms with Crippen LogP contribution in [0.1, 0.15) is 0 Å². The highest BCUT2D eigenvalue weighted by Crippen LogP contribution is 2.30. The first-order valence-corrected chi connectivity index (χ1v) is 7.30. The maximum absolute atomic E-state index is 11.3. The number of halogens is 2. The van der Waals surface area contributed by atoms with Gasteiger partial charge in [-0.15, -0.1) is 11.6 Å². The van der Waals surface area contributed by atoms with Crippen molar-refractivity contribution in [3.63, 3.8) is 0 Å². The largest absolute Gasteiger partial charge is 0.279 e. The lowest BCUT2D eigenvalue weighted by atomic mass is 10.3. The van der Waals surface area contributed by atoms with Crippen LogP contribution in [0.4, 0.5) is 5.69 Å². The smallest absolute Gasteiger partial charge is 0.246 e. The number of aromatic nitrogens is 2. The molecule has 1 aromatic heterocycles. The fraction of sp³-hybridized carbons (Fsp3) is 0.143. The maximum Gasteiger partial charge on any atom is 0.246 e. The van der Waals surface area contributed by atoms with Gasteiger partial charge in [0, 0.05) is 0 Å². The van der Waals surface area contributed by atoms with Gasteiger partial charge in [0.15, 0.2) is 0 Å². The van der Waals surface area contributed by atoms with Gasteiger partial charge in [-0.1, -0.05) is 11.6 Å². The molecule has 0 amide bonds. The van der Waals surface area contributed by atoms with E-state index in [1.54, 1.807) is 12.1 Å². The lowest BCUT2D eigenvalue weighted by molar-refractivity contribution is 0.605. The van der Waals surface area contributed by atoms with E-state index >= 15 is 0 Å². The summed E-state index contributed by atoms with van der Waals surface area (Å²) in [7, 11) is -3.60. The van der Waals surface area contributed by atoms with Gasteiger partial charge in [0.1, 0.15) is 16.2 Å². The van der Waals surface area contributed by atoms with E-state index in [4.69, 9.17) is 23.2 Å². The van der Waals surface area contributed by atoms with E-state index in [-0.39, 0.29) is 10.7 Å². The molecule has 0 bridgehead atoms. The molecule has 0 radical (unpaired) electrons. The van der Waals surface area contributed by atoms with Gasteiger partial charge in [-0.2, -0.15) is 8.75 Å². The van der Waals surface area contributed by atoms with Crippen LogP contribution in [0.3, 0.4) is 0 Å². The molecule has 0 unspecified atom stereocenters. The van der Waals surface area contributed by atoms with Crippen molar-refractivity contribution in [1.82, 2.24) is 8.75 Å². The number of benzene rings is 1. The summed E-state index contributed by atoms with van der Waals surface area (Å²) in [5, 5.41) is -0.286. The summed E-state index contributed by atoms with van der Waals surface area (Å²) in [5.41, 5.74) is 1.22. The van der Waals surface area contributed by atoms with E-state index in [2.05, 4.69) is 13.5 Å². The number of hydrogen-bond acceptors (Lipinski definition) is 5. The number of sulfonamides is 1. The topological polar surface area (TPSA) is 72.0 Å². The van der Waals surface area contributed by atoms with Crippen LogP contribution in [0.2, 0.25) is 5.02 Å². The molecule has 86 valence electrons. The molecule has 1 heterocycles. The van der Waals surface area contributed by atoms with Gasteiger partial charge in [0.05, 0.1) is 22.4 Å². The third-order valence-corrected chi connectivity index (χ3v) is 4.30. The van der Waals surface area contributed by atoms with E-state index in [1.165, 1.54) is 0 Å². The molecular weight excluding hydrogens is 293 g/mol. The average molecular weight is 298 g/mol. The summed E-state index contributed by atoms with van der Waals surface area (Å²) in [6.45, 7) is 0. The Hall–Kier alpha value is -0.630. The van der Waals surface area contributed by atoms with Gasteiger partial charge >= 0.3 is 0 Å². The first-order valence-electron chi connectivity index (χ1n) is 4.01. The molecule has 2 rings (SSSR count). The normalized spacial score (nSPS) is 11.9. The van der Waals surface area contributed by atoms with Crippen molar-refractivity contribution in [2.24, 2.45) is 0 Å². The van der Waals surface area contributed by atoms with Crippen LogP contribution in [0.15, 0.2) is 12.1 Å². The summed E-state index contributed by atoms with van der Waals surface area (Å²) >= 11 is 12.2. The number of anilines is 1. The van der Waals surface area contributed by atoms with Crippen molar-refractivity contribution in [2.75, 3.05) is 9.93 Å². The molecule has 0 saturated heterocycles. The Kier molecular flexibility index (Phi) is 3.20. The SMILES string of the molecule is O=S(=O)(CCl)Nc1c(Cl)ccc2nsnc12. The number of nitrogens with zero attached hydrogens (tertiary/aromatic N) is 2. The minimum atomic E-state index is -3.60. The Labute approximate surface area is 106 Å².